The lowest BCUT2D eigenvalue weighted by Gasteiger charge is -2.40. The molecule has 0 heterocycles. The highest BCUT2D eigenvalue weighted by molar-refractivity contribution is 5.10. The Labute approximate surface area is 165 Å². The Morgan fingerprint density at radius 2 is 0.885 bits per heavy atom. The van der Waals surface area contributed by atoms with Gasteiger partial charge in [0.05, 0.1) is 0 Å². The Kier molecular flexibility index (Phi) is 8.12. The molecule has 26 heavy (non-hydrogen) atoms. The second kappa shape index (κ2) is 9.66. The van der Waals surface area contributed by atoms with Crippen molar-refractivity contribution in [2.45, 2.75) is 93.9 Å². The predicted octanol–water partition coefficient (Wildman–Crippen LogP) is 7.68. The summed E-state index contributed by atoms with van der Waals surface area (Å²) in [7, 11) is 0. The van der Waals surface area contributed by atoms with Crippen molar-refractivity contribution in [1.82, 2.24) is 0 Å². The number of hydrogen-bond acceptors (Lipinski definition) is 0. The van der Waals surface area contributed by atoms with Gasteiger partial charge in [0.25, 0.3) is 0 Å². The van der Waals surface area contributed by atoms with E-state index in [2.05, 4.69) is 67.2 Å². The summed E-state index contributed by atoms with van der Waals surface area (Å²) in [5.74, 6) is 15.4. The van der Waals surface area contributed by atoms with Crippen LogP contribution in [0.15, 0.2) is 0 Å². The van der Waals surface area contributed by atoms with Gasteiger partial charge in [-0.15, -0.1) is 0 Å². The quantitative estimate of drug-likeness (QED) is 0.452. The Morgan fingerprint density at radius 1 is 0.538 bits per heavy atom. The zero-order valence-electron chi connectivity index (χ0n) is 19.0. The fraction of sp³-hybridized carbons (Fsp3) is 0.923. The van der Waals surface area contributed by atoms with Crippen LogP contribution in [-0.4, -0.2) is 0 Å². The van der Waals surface area contributed by atoms with E-state index in [4.69, 9.17) is 0 Å². The average molecular weight is 359 g/mol. The SMILES string of the molecule is CC1CCC(C(C)C)C(C(C)C#CC(C)C2CC(C)CCC2C(C)C)C1. The summed E-state index contributed by atoms with van der Waals surface area (Å²) in [4.78, 5) is 0. The van der Waals surface area contributed by atoms with Crippen LogP contribution in [0.2, 0.25) is 0 Å². The first-order valence-corrected chi connectivity index (χ1v) is 11.7. The van der Waals surface area contributed by atoms with Gasteiger partial charge in [0, 0.05) is 11.8 Å². The van der Waals surface area contributed by atoms with Crippen LogP contribution in [0.1, 0.15) is 93.9 Å². The van der Waals surface area contributed by atoms with E-state index in [0.29, 0.717) is 11.8 Å². The normalized spacial score (nSPS) is 37.9. The van der Waals surface area contributed by atoms with E-state index in [0.717, 1.165) is 47.3 Å². The molecule has 0 spiro atoms. The van der Waals surface area contributed by atoms with E-state index in [1.807, 2.05) is 0 Å². The van der Waals surface area contributed by atoms with Crippen molar-refractivity contribution in [1.29, 1.82) is 0 Å². The molecule has 0 saturated heterocycles. The average Bonchev–Trinajstić information content (AvgIpc) is 2.58. The summed E-state index contributed by atoms with van der Waals surface area (Å²) in [6.07, 6.45) is 8.46. The molecule has 0 N–H and O–H groups in total. The molecule has 2 aliphatic rings. The van der Waals surface area contributed by atoms with Gasteiger partial charge in [0.15, 0.2) is 0 Å². The molecule has 0 aromatic carbocycles. The molecule has 8 atom stereocenters. The third kappa shape index (κ3) is 5.53. The summed E-state index contributed by atoms with van der Waals surface area (Å²) < 4.78 is 0. The topological polar surface area (TPSA) is 0 Å². The third-order valence-electron chi connectivity index (χ3n) is 7.97. The highest BCUT2D eigenvalue weighted by atomic mass is 14.4. The lowest BCUT2D eigenvalue weighted by atomic mass is 9.65. The van der Waals surface area contributed by atoms with Crippen LogP contribution in [0.5, 0.6) is 0 Å². The smallest absolute Gasteiger partial charge is 0.0205 e. The fourth-order valence-corrected chi connectivity index (χ4v) is 6.18. The van der Waals surface area contributed by atoms with Crippen molar-refractivity contribution in [2.24, 2.45) is 59.2 Å². The monoisotopic (exact) mass is 358 g/mol. The van der Waals surface area contributed by atoms with Gasteiger partial charge in [-0.3, -0.25) is 0 Å². The third-order valence-corrected chi connectivity index (χ3v) is 7.97. The van der Waals surface area contributed by atoms with Gasteiger partial charge >= 0.3 is 0 Å². The Morgan fingerprint density at radius 3 is 1.19 bits per heavy atom. The van der Waals surface area contributed by atoms with E-state index < -0.39 is 0 Å². The van der Waals surface area contributed by atoms with Gasteiger partial charge in [-0.05, 0) is 73.0 Å². The van der Waals surface area contributed by atoms with Crippen LogP contribution >= 0.6 is 0 Å². The van der Waals surface area contributed by atoms with Gasteiger partial charge in [-0.2, -0.15) is 0 Å². The van der Waals surface area contributed by atoms with Crippen molar-refractivity contribution < 1.29 is 0 Å². The highest BCUT2D eigenvalue weighted by Crippen LogP contribution is 2.43. The second-order valence-corrected chi connectivity index (χ2v) is 10.8. The minimum atomic E-state index is 0.561. The van der Waals surface area contributed by atoms with Crippen molar-refractivity contribution >= 4 is 0 Å². The van der Waals surface area contributed by atoms with Gasteiger partial charge in [0.1, 0.15) is 0 Å². The van der Waals surface area contributed by atoms with Gasteiger partial charge in [-0.25, -0.2) is 0 Å². The number of hydrogen-bond donors (Lipinski definition) is 0. The molecule has 0 amide bonds. The zero-order valence-corrected chi connectivity index (χ0v) is 19.0. The molecular formula is C26H46. The van der Waals surface area contributed by atoms with E-state index in [1.165, 1.54) is 38.5 Å². The molecule has 150 valence electrons. The van der Waals surface area contributed by atoms with Crippen LogP contribution in [0.3, 0.4) is 0 Å². The minimum Gasteiger partial charge on any atom is -0.0996 e. The molecule has 0 aliphatic heterocycles. The molecular weight excluding hydrogens is 312 g/mol. The second-order valence-electron chi connectivity index (χ2n) is 10.8. The van der Waals surface area contributed by atoms with Crippen LogP contribution in [-0.2, 0) is 0 Å². The predicted molar refractivity (Wildman–Crippen MR) is 116 cm³/mol. The van der Waals surface area contributed by atoms with Crippen molar-refractivity contribution in [3.05, 3.63) is 0 Å². The first-order chi connectivity index (χ1) is 12.2. The first kappa shape index (κ1) is 21.9. The summed E-state index contributed by atoms with van der Waals surface area (Å²) in [5, 5.41) is 0. The van der Waals surface area contributed by atoms with Crippen molar-refractivity contribution in [3.63, 3.8) is 0 Å². The lowest BCUT2D eigenvalue weighted by Crippen LogP contribution is -2.32. The Hall–Kier alpha value is -0.440. The Balaban J connectivity index is 2.07. The molecule has 0 bridgehead atoms. The molecule has 2 aliphatic carbocycles. The van der Waals surface area contributed by atoms with Crippen molar-refractivity contribution in [2.75, 3.05) is 0 Å². The molecule has 0 radical (unpaired) electrons. The molecule has 0 aromatic heterocycles. The standard InChI is InChI=1S/C26H46/c1-17(2)23-13-9-19(5)15-25(23)21(7)11-12-22(8)26-16-20(6)10-14-24(26)18(3)4/h17-26H,9-10,13-16H2,1-8H3. The summed E-state index contributed by atoms with van der Waals surface area (Å²) in [5.41, 5.74) is 0. The van der Waals surface area contributed by atoms with Gasteiger partial charge < -0.3 is 0 Å². The maximum Gasteiger partial charge on any atom is 0.0205 e. The highest BCUT2D eigenvalue weighted by Gasteiger charge is 2.35. The summed E-state index contributed by atoms with van der Waals surface area (Å²) in [6.45, 7) is 19.4. The first-order valence-electron chi connectivity index (χ1n) is 11.7. The maximum absolute atomic E-state index is 3.78. The van der Waals surface area contributed by atoms with Crippen LogP contribution in [0, 0.1) is 71.0 Å². The van der Waals surface area contributed by atoms with E-state index in [9.17, 15) is 0 Å². The van der Waals surface area contributed by atoms with E-state index in [1.54, 1.807) is 0 Å². The summed E-state index contributed by atoms with van der Waals surface area (Å²) in [6, 6.07) is 0. The molecule has 2 saturated carbocycles. The molecule has 2 rings (SSSR count). The summed E-state index contributed by atoms with van der Waals surface area (Å²) >= 11 is 0. The van der Waals surface area contributed by atoms with Crippen LogP contribution in [0.4, 0.5) is 0 Å². The fourth-order valence-electron chi connectivity index (χ4n) is 6.18. The zero-order chi connectivity index (χ0) is 19.4. The largest absolute Gasteiger partial charge is 0.0996 e. The lowest BCUT2D eigenvalue weighted by molar-refractivity contribution is 0.115. The van der Waals surface area contributed by atoms with Gasteiger partial charge in [-0.1, -0.05) is 80.1 Å². The minimum absolute atomic E-state index is 0.561. The molecule has 2 fully saturated rings. The molecule has 8 unspecified atom stereocenters. The number of rotatable bonds is 4. The van der Waals surface area contributed by atoms with Gasteiger partial charge in [0.2, 0.25) is 0 Å². The maximum atomic E-state index is 3.78. The van der Waals surface area contributed by atoms with E-state index >= 15 is 0 Å². The molecule has 0 aromatic rings. The Bertz CT molecular complexity index is 434. The molecule has 0 nitrogen and oxygen atoms in total. The molecule has 0 heteroatoms. The van der Waals surface area contributed by atoms with E-state index in [-0.39, 0.29) is 0 Å². The van der Waals surface area contributed by atoms with Crippen LogP contribution < -0.4 is 0 Å². The van der Waals surface area contributed by atoms with Crippen LogP contribution in [0.25, 0.3) is 0 Å². The van der Waals surface area contributed by atoms with Crippen molar-refractivity contribution in [3.8, 4) is 11.8 Å².